The lowest BCUT2D eigenvalue weighted by Crippen LogP contribution is -2.49. The molecular weight excluding hydrogens is 405 g/mol. The van der Waals surface area contributed by atoms with Crippen molar-refractivity contribution in [3.05, 3.63) is 59.7 Å². The maximum Gasteiger partial charge on any atom is 0.243 e. The normalized spacial score (nSPS) is 15.7. The number of halogens is 1. The molecule has 2 amide bonds. The van der Waals surface area contributed by atoms with E-state index in [2.05, 4.69) is 11.5 Å². The van der Waals surface area contributed by atoms with Gasteiger partial charge in [-0.15, -0.1) is 0 Å². The van der Waals surface area contributed by atoms with E-state index in [-0.39, 0.29) is 36.3 Å². The highest BCUT2D eigenvalue weighted by Gasteiger charge is 2.34. The minimum Gasteiger partial charge on any atom is -0.348 e. The van der Waals surface area contributed by atoms with Crippen LogP contribution in [0.5, 0.6) is 0 Å². The van der Waals surface area contributed by atoms with Crippen molar-refractivity contribution >= 4 is 11.8 Å². The van der Waals surface area contributed by atoms with Crippen LogP contribution >= 0.6 is 0 Å². The van der Waals surface area contributed by atoms with E-state index in [0.717, 1.165) is 30.5 Å². The van der Waals surface area contributed by atoms with Crippen molar-refractivity contribution < 1.29 is 14.0 Å². The average Bonchev–Trinajstić information content (AvgIpc) is 3.25. The number of amides is 2. The van der Waals surface area contributed by atoms with Gasteiger partial charge in [0.25, 0.3) is 0 Å². The first-order chi connectivity index (χ1) is 15.4. The minimum atomic E-state index is -0.361. The molecule has 1 aliphatic rings. The van der Waals surface area contributed by atoms with Gasteiger partial charge in [-0.25, -0.2) is 4.39 Å². The summed E-state index contributed by atoms with van der Waals surface area (Å²) in [5.74, 6) is -0.382. The fourth-order valence-electron chi connectivity index (χ4n) is 4.50. The molecule has 0 N–H and O–H groups in total. The molecule has 0 bridgehead atoms. The summed E-state index contributed by atoms with van der Waals surface area (Å²) in [4.78, 5) is 29.8. The van der Waals surface area contributed by atoms with Crippen LogP contribution in [0.1, 0.15) is 76.6 Å². The third-order valence-electron chi connectivity index (χ3n) is 6.27. The van der Waals surface area contributed by atoms with Crippen LogP contribution in [0.25, 0.3) is 0 Å². The second-order valence-electron chi connectivity index (χ2n) is 8.95. The first-order valence-electron chi connectivity index (χ1n) is 11.9. The van der Waals surface area contributed by atoms with E-state index in [4.69, 9.17) is 0 Å². The predicted octanol–water partition coefficient (Wildman–Crippen LogP) is 5.16. The molecule has 1 atom stereocenters. The molecule has 2 aromatic rings. The highest BCUT2D eigenvalue weighted by molar-refractivity contribution is 5.85. The van der Waals surface area contributed by atoms with Crippen LogP contribution in [-0.2, 0) is 16.1 Å². The van der Waals surface area contributed by atoms with Crippen molar-refractivity contribution in [1.29, 1.82) is 0 Å². The topological polar surface area (TPSA) is 45.6 Å². The Labute approximate surface area is 191 Å². The lowest BCUT2D eigenvalue weighted by Gasteiger charge is -2.39. The Balaban J connectivity index is 1.74. The molecule has 1 unspecified atom stereocenters. The van der Waals surface area contributed by atoms with Crippen LogP contribution in [0, 0.1) is 5.82 Å². The van der Waals surface area contributed by atoms with E-state index < -0.39 is 0 Å². The van der Waals surface area contributed by atoms with Crippen molar-refractivity contribution in [1.82, 2.24) is 14.4 Å². The number of nitrogens with zero attached hydrogens (tertiary/aromatic N) is 3. The zero-order valence-corrected chi connectivity index (χ0v) is 19.6. The van der Waals surface area contributed by atoms with Crippen LogP contribution in [-0.4, -0.2) is 45.3 Å². The quantitative estimate of drug-likeness (QED) is 0.478. The van der Waals surface area contributed by atoms with Crippen molar-refractivity contribution in [3.8, 4) is 0 Å². The largest absolute Gasteiger partial charge is 0.348 e. The fourth-order valence-corrected chi connectivity index (χ4v) is 4.50. The Morgan fingerprint density at radius 1 is 1.09 bits per heavy atom. The molecule has 0 radical (unpaired) electrons. The summed E-state index contributed by atoms with van der Waals surface area (Å²) in [6, 6.07) is 9.97. The number of rotatable bonds is 10. The Hall–Kier alpha value is -2.63. The number of carbonyl (C=O) groups excluding carboxylic acids is 2. The molecule has 32 heavy (non-hydrogen) atoms. The summed E-state index contributed by atoms with van der Waals surface area (Å²) in [6.07, 6.45) is 7.89. The number of benzene rings is 1. The van der Waals surface area contributed by atoms with Crippen molar-refractivity contribution in [2.75, 3.05) is 13.1 Å². The van der Waals surface area contributed by atoms with E-state index in [0.29, 0.717) is 19.5 Å². The zero-order chi connectivity index (χ0) is 23.1. The van der Waals surface area contributed by atoms with Gasteiger partial charge in [-0.1, -0.05) is 44.7 Å². The molecule has 0 saturated carbocycles. The highest BCUT2D eigenvalue weighted by atomic mass is 19.1. The summed E-state index contributed by atoms with van der Waals surface area (Å²) < 4.78 is 16.1. The Morgan fingerprint density at radius 3 is 2.59 bits per heavy atom. The fraction of sp³-hybridized carbons (Fsp3) is 0.538. The molecule has 0 fully saturated rings. The summed E-state index contributed by atoms with van der Waals surface area (Å²) >= 11 is 0. The third kappa shape index (κ3) is 5.78. The molecule has 0 saturated heterocycles. The molecular formula is C26H36FN3O2. The van der Waals surface area contributed by atoms with E-state index in [9.17, 15) is 14.0 Å². The predicted molar refractivity (Wildman–Crippen MR) is 125 cm³/mol. The molecule has 5 nitrogen and oxygen atoms in total. The van der Waals surface area contributed by atoms with Gasteiger partial charge in [0, 0.05) is 37.4 Å². The molecule has 0 spiro atoms. The molecule has 2 heterocycles. The van der Waals surface area contributed by atoms with Crippen molar-refractivity contribution in [3.63, 3.8) is 0 Å². The molecule has 174 valence electrons. The SMILES string of the molecule is CCCCCCCC(=O)N(CC(=O)N1CCn2cccc2C1c1cccc(F)c1)C(C)C. The third-order valence-corrected chi connectivity index (χ3v) is 6.27. The number of fused-ring (bicyclic) bond motifs is 1. The number of hydrogen-bond donors (Lipinski definition) is 0. The second-order valence-corrected chi connectivity index (χ2v) is 8.95. The van der Waals surface area contributed by atoms with Crippen LogP contribution in [0.15, 0.2) is 42.6 Å². The van der Waals surface area contributed by atoms with Gasteiger partial charge in [-0.05, 0) is 50.1 Å². The lowest BCUT2D eigenvalue weighted by atomic mass is 9.99. The number of unbranched alkanes of at least 4 members (excludes halogenated alkanes) is 4. The van der Waals surface area contributed by atoms with Gasteiger partial charge in [0.15, 0.2) is 0 Å². The zero-order valence-electron chi connectivity index (χ0n) is 19.6. The summed E-state index contributed by atoms with van der Waals surface area (Å²) in [7, 11) is 0. The van der Waals surface area contributed by atoms with E-state index in [1.165, 1.54) is 25.0 Å². The number of carbonyl (C=O) groups is 2. The summed E-state index contributed by atoms with van der Waals surface area (Å²) in [5.41, 5.74) is 1.71. The van der Waals surface area contributed by atoms with Crippen LogP contribution in [0.2, 0.25) is 0 Å². The summed E-state index contributed by atoms with van der Waals surface area (Å²) in [5, 5.41) is 0. The van der Waals surface area contributed by atoms with Crippen LogP contribution in [0.3, 0.4) is 0 Å². The Bertz CT molecular complexity index is 908. The minimum absolute atomic E-state index is 0.0348. The van der Waals surface area contributed by atoms with E-state index in [1.807, 2.05) is 38.2 Å². The van der Waals surface area contributed by atoms with Crippen molar-refractivity contribution in [2.45, 2.75) is 77.9 Å². The van der Waals surface area contributed by atoms with Crippen LogP contribution < -0.4 is 0 Å². The van der Waals surface area contributed by atoms with Gasteiger partial charge in [0.1, 0.15) is 12.4 Å². The number of hydrogen-bond acceptors (Lipinski definition) is 2. The van der Waals surface area contributed by atoms with E-state index in [1.54, 1.807) is 15.9 Å². The standard InChI is InChI=1S/C26H36FN3O2/c1-4-5-6-7-8-14-24(31)30(20(2)3)19-25(32)29-17-16-28-15-10-13-23(28)26(29)21-11-9-12-22(27)18-21/h9-13,15,18,20,26H,4-8,14,16-17,19H2,1-3H3. The monoisotopic (exact) mass is 441 g/mol. The molecule has 1 aromatic carbocycles. The first-order valence-corrected chi connectivity index (χ1v) is 11.9. The number of aromatic nitrogens is 1. The lowest BCUT2D eigenvalue weighted by molar-refractivity contribution is -0.143. The van der Waals surface area contributed by atoms with Gasteiger partial charge in [-0.2, -0.15) is 0 Å². The van der Waals surface area contributed by atoms with E-state index >= 15 is 0 Å². The molecule has 0 aliphatic carbocycles. The Kier molecular flexibility index (Phi) is 8.48. The second kappa shape index (κ2) is 11.3. The molecule has 3 rings (SSSR count). The molecule has 6 heteroatoms. The highest BCUT2D eigenvalue weighted by Crippen LogP contribution is 2.33. The van der Waals surface area contributed by atoms with Gasteiger partial charge in [-0.3, -0.25) is 9.59 Å². The van der Waals surface area contributed by atoms with Crippen LogP contribution in [0.4, 0.5) is 4.39 Å². The van der Waals surface area contributed by atoms with Gasteiger partial charge >= 0.3 is 0 Å². The first kappa shape index (κ1) is 24.0. The van der Waals surface area contributed by atoms with Gasteiger partial charge < -0.3 is 14.4 Å². The Morgan fingerprint density at radius 2 is 1.88 bits per heavy atom. The maximum atomic E-state index is 14.0. The maximum absolute atomic E-state index is 14.0. The molecule has 1 aromatic heterocycles. The van der Waals surface area contributed by atoms with Crippen molar-refractivity contribution in [2.24, 2.45) is 0 Å². The van der Waals surface area contributed by atoms with Gasteiger partial charge in [0.05, 0.1) is 6.04 Å². The van der Waals surface area contributed by atoms with Gasteiger partial charge in [0.2, 0.25) is 11.8 Å². The molecule has 1 aliphatic heterocycles. The average molecular weight is 442 g/mol. The smallest absolute Gasteiger partial charge is 0.243 e. The summed E-state index contributed by atoms with van der Waals surface area (Å²) in [6.45, 7) is 7.34.